The maximum Gasteiger partial charge on any atom is 0.326 e. The van der Waals surface area contributed by atoms with Gasteiger partial charge in [0.2, 0.25) is 0 Å². The summed E-state index contributed by atoms with van der Waals surface area (Å²) in [5, 5.41) is 20.7. The first-order valence-electron chi connectivity index (χ1n) is 6.51. The second-order valence-electron chi connectivity index (χ2n) is 4.63. The van der Waals surface area contributed by atoms with Crippen molar-refractivity contribution in [1.82, 2.24) is 10.2 Å². The Kier molecular flexibility index (Phi) is 5.91. The summed E-state index contributed by atoms with van der Waals surface area (Å²) in [4.78, 5) is 24.5. The van der Waals surface area contributed by atoms with Crippen molar-refractivity contribution in [1.29, 1.82) is 0 Å². The third-order valence-corrected chi connectivity index (χ3v) is 3.35. The van der Waals surface area contributed by atoms with Crippen molar-refractivity contribution < 1.29 is 19.8 Å². The van der Waals surface area contributed by atoms with Gasteiger partial charge in [-0.1, -0.05) is 19.8 Å². The maximum absolute atomic E-state index is 12.0. The number of urea groups is 1. The highest BCUT2D eigenvalue weighted by molar-refractivity contribution is 5.82. The van der Waals surface area contributed by atoms with Gasteiger partial charge in [-0.25, -0.2) is 9.59 Å². The molecule has 1 rings (SSSR count). The molecule has 0 bridgehead atoms. The molecule has 6 heteroatoms. The first-order chi connectivity index (χ1) is 8.60. The lowest BCUT2D eigenvalue weighted by atomic mass is 10.1. The standard InChI is InChI=1S/C12H22N2O4/c1-2-10(11(16)17)13-12(18)14-7-5-3-4-6-9(14)8-15/h9-10,15H,2-8H2,1H3,(H,13,18)(H,16,17)/t9?,10-/m0/s1. The van der Waals surface area contributed by atoms with E-state index in [4.69, 9.17) is 5.11 Å². The Balaban J connectivity index is 2.64. The quantitative estimate of drug-likeness (QED) is 0.695. The number of aliphatic hydroxyl groups excluding tert-OH is 1. The molecule has 1 saturated heterocycles. The van der Waals surface area contributed by atoms with Crippen LogP contribution in [0.25, 0.3) is 0 Å². The van der Waals surface area contributed by atoms with Crippen LogP contribution in [0.15, 0.2) is 0 Å². The van der Waals surface area contributed by atoms with E-state index >= 15 is 0 Å². The minimum atomic E-state index is -1.03. The Morgan fingerprint density at radius 1 is 1.39 bits per heavy atom. The van der Waals surface area contributed by atoms with Gasteiger partial charge in [0.15, 0.2) is 0 Å². The Labute approximate surface area is 107 Å². The Morgan fingerprint density at radius 2 is 2.11 bits per heavy atom. The molecule has 104 valence electrons. The van der Waals surface area contributed by atoms with Gasteiger partial charge in [0.1, 0.15) is 6.04 Å². The number of amides is 2. The molecule has 1 unspecified atom stereocenters. The van der Waals surface area contributed by atoms with Gasteiger partial charge in [-0.05, 0) is 19.3 Å². The molecular formula is C12H22N2O4. The van der Waals surface area contributed by atoms with E-state index in [2.05, 4.69) is 5.32 Å². The molecule has 1 aliphatic heterocycles. The highest BCUT2D eigenvalue weighted by Crippen LogP contribution is 2.16. The van der Waals surface area contributed by atoms with E-state index < -0.39 is 12.0 Å². The van der Waals surface area contributed by atoms with Crippen molar-refractivity contribution in [3.8, 4) is 0 Å². The van der Waals surface area contributed by atoms with Gasteiger partial charge in [0.25, 0.3) is 0 Å². The lowest BCUT2D eigenvalue weighted by Gasteiger charge is -2.29. The molecule has 0 saturated carbocycles. The van der Waals surface area contributed by atoms with E-state index in [9.17, 15) is 14.7 Å². The zero-order valence-electron chi connectivity index (χ0n) is 10.8. The average Bonchev–Trinajstić information content (AvgIpc) is 2.60. The van der Waals surface area contributed by atoms with Crippen molar-refractivity contribution >= 4 is 12.0 Å². The SMILES string of the molecule is CC[C@H](NC(=O)N1CCCCCC1CO)C(=O)O. The normalized spacial score (nSPS) is 22.1. The number of carbonyl (C=O) groups excluding carboxylic acids is 1. The van der Waals surface area contributed by atoms with E-state index in [0.717, 1.165) is 25.7 Å². The lowest BCUT2D eigenvalue weighted by molar-refractivity contribution is -0.139. The van der Waals surface area contributed by atoms with Crippen LogP contribution in [0, 0.1) is 0 Å². The summed E-state index contributed by atoms with van der Waals surface area (Å²) in [5.74, 6) is -1.03. The molecule has 1 fully saturated rings. The van der Waals surface area contributed by atoms with Gasteiger partial charge in [0, 0.05) is 6.54 Å². The largest absolute Gasteiger partial charge is 0.480 e. The van der Waals surface area contributed by atoms with Gasteiger partial charge in [0.05, 0.1) is 12.6 Å². The molecule has 1 aliphatic rings. The van der Waals surface area contributed by atoms with Crippen LogP contribution in [0.3, 0.4) is 0 Å². The molecule has 18 heavy (non-hydrogen) atoms. The monoisotopic (exact) mass is 258 g/mol. The lowest BCUT2D eigenvalue weighted by Crippen LogP contribution is -2.52. The predicted octanol–water partition coefficient (Wildman–Crippen LogP) is 0.796. The summed E-state index contributed by atoms with van der Waals surface area (Å²) in [6.45, 7) is 2.22. The molecule has 6 nitrogen and oxygen atoms in total. The minimum Gasteiger partial charge on any atom is -0.480 e. The first-order valence-corrected chi connectivity index (χ1v) is 6.51. The number of carboxylic acids is 1. The Hall–Kier alpha value is -1.30. The van der Waals surface area contributed by atoms with E-state index in [-0.39, 0.29) is 18.7 Å². The number of aliphatic carboxylic acids is 1. The molecule has 2 amide bonds. The second kappa shape index (κ2) is 7.20. The van der Waals surface area contributed by atoms with Crippen LogP contribution in [0.2, 0.25) is 0 Å². The smallest absolute Gasteiger partial charge is 0.326 e. The highest BCUT2D eigenvalue weighted by atomic mass is 16.4. The fraction of sp³-hybridized carbons (Fsp3) is 0.833. The van der Waals surface area contributed by atoms with Crippen LogP contribution >= 0.6 is 0 Å². The molecular weight excluding hydrogens is 236 g/mol. The molecule has 0 aromatic heterocycles. The van der Waals surface area contributed by atoms with Crippen molar-refractivity contribution in [3.05, 3.63) is 0 Å². The van der Waals surface area contributed by atoms with Crippen LogP contribution < -0.4 is 5.32 Å². The molecule has 0 spiro atoms. The van der Waals surface area contributed by atoms with E-state index in [1.54, 1.807) is 11.8 Å². The van der Waals surface area contributed by atoms with E-state index in [1.807, 2.05) is 0 Å². The molecule has 2 atom stereocenters. The maximum atomic E-state index is 12.0. The Morgan fingerprint density at radius 3 is 2.67 bits per heavy atom. The molecule has 0 aromatic carbocycles. The topological polar surface area (TPSA) is 89.9 Å². The predicted molar refractivity (Wildman–Crippen MR) is 66.3 cm³/mol. The average molecular weight is 258 g/mol. The third-order valence-electron chi connectivity index (χ3n) is 3.35. The van der Waals surface area contributed by atoms with Crippen LogP contribution in [0.4, 0.5) is 4.79 Å². The number of rotatable bonds is 4. The highest BCUT2D eigenvalue weighted by Gasteiger charge is 2.27. The number of hydrogen-bond acceptors (Lipinski definition) is 3. The number of nitrogens with one attached hydrogen (secondary N) is 1. The van der Waals surface area contributed by atoms with Gasteiger partial charge >= 0.3 is 12.0 Å². The number of carbonyl (C=O) groups is 2. The number of likely N-dealkylation sites (tertiary alicyclic amines) is 1. The number of nitrogens with zero attached hydrogens (tertiary/aromatic N) is 1. The van der Waals surface area contributed by atoms with Crippen molar-refractivity contribution in [3.63, 3.8) is 0 Å². The fourth-order valence-electron chi connectivity index (χ4n) is 2.20. The first kappa shape index (κ1) is 14.8. The molecule has 1 heterocycles. The number of carboxylic acid groups (broad SMARTS) is 1. The summed E-state index contributed by atoms with van der Waals surface area (Å²) in [7, 11) is 0. The number of hydrogen-bond donors (Lipinski definition) is 3. The zero-order chi connectivity index (χ0) is 13.5. The van der Waals surface area contributed by atoms with Crippen molar-refractivity contribution in [2.75, 3.05) is 13.2 Å². The second-order valence-corrected chi connectivity index (χ2v) is 4.63. The fourth-order valence-corrected chi connectivity index (χ4v) is 2.20. The Bertz CT molecular complexity index is 296. The summed E-state index contributed by atoms with van der Waals surface area (Å²) < 4.78 is 0. The van der Waals surface area contributed by atoms with Crippen molar-refractivity contribution in [2.24, 2.45) is 0 Å². The summed E-state index contributed by atoms with van der Waals surface area (Å²) in [6.07, 6.45) is 4.04. The van der Waals surface area contributed by atoms with Crippen LogP contribution in [0.5, 0.6) is 0 Å². The van der Waals surface area contributed by atoms with E-state index in [0.29, 0.717) is 13.0 Å². The number of aliphatic hydroxyl groups is 1. The van der Waals surface area contributed by atoms with Gasteiger partial charge < -0.3 is 20.4 Å². The third kappa shape index (κ3) is 3.87. The van der Waals surface area contributed by atoms with E-state index in [1.165, 1.54) is 0 Å². The summed E-state index contributed by atoms with van der Waals surface area (Å²) in [5.41, 5.74) is 0. The zero-order valence-corrected chi connectivity index (χ0v) is 10.8. The van der Waals surface area contributed by atoms with Crippen molar-refractivity contribution in [2.45, 2.75) is 51.1 Å². The van der Waals surface area contributed by atoms with Crippen LogP contribution in [0.1, 0.15) is 39.0 Å². The summed E-state index contributed by atoms with van der Waals surface area (Å²) in [6, 6.07) is -1.44. The summed E-state index contributed by atoms with van der Waals surface area (Å²) >= 11 is 0. The molecule has 0 aromatic rings. The molecule has 0 radical (unpaired) electrons. The molecule has 3 N–H and O–H groups in total. The van der Waals surface area contributed by atoms with Crippen LogP contribution in [-0.2, 0) is 4.79 Å². The van der Waals surface area contributed by atoms with Gasteiger partial charge in [-0.3, -0.25) is 0 Å². The van der Waals surface area contributed by atoms with Crippen LogP contribution in [-0.4, -0.2) is 52.3 Å². The minimum absolute atomic E-state index is 0.0721. The van der Waals surface area contributed by atoms with Gasteiger partial charge in [-0.15, -0.1) is 0 Å². The molecule has 0 aliphatic carbocycles. The van der Waals surface area contributed by atoms with Gasteiger partial charge in [-0.2, -0.15) is 0 Å².